The Morgan fingerprint density at radius 3 is 2.80 bits per heavy atom. The summed E-state index contributed by atoms with van der Waals surface area (Å²) in [6.07, 6.45) is 5.16. The Labute approximate surface area is 126 Å². The van der Waals surface area contributed by atoms with Crippen LogP contribution in [0.1, 0.15) is 5.56 Å². The van der Waals surface area contributed by atoms with Gasteiger partial charge in [-0.1, -0.05) is 65.9 Å². The predicted molar refractivity (Wildman–Crippen MR) is 87.0 cm³/mol. The van der Waals surface area contributed by atoms with Gasteiger partial charge in [0.05, 0.1) is 6.20 Å². The molecule has 0 aliphatic rings. The quantitative estimate of drug-likeness (QED) is 0.653. The zero-order valence-electron chi connectivity index (χ0n) is 10.6. The standard InChI is InChI=1S/C14H13ClN4S/c1-10(19-14-17-9-12(15)20-14)18-13(16)8-7-11-5-3-2-4-6-11/h2-9H,1H2,(H2,16,18)(H,17,19)/b8-7+. The lowest BCUT2D eigenvalue weighted by molar-refractivity contribution is 1.27. The maximum atomic E-state index is 5.80. The highest BCUT2D eigenvalue weighted by Gasteiger charge is 2.00. The van der Waals surface area contributed by atoms with Gasteiger partial charge in [-0.2, -0.15) is 0 Å². The van der Waals surface area contributed by atoms with Crippen LogP contribution in [0.25, 0.3) is 6.08 Å². The normalized spacial score (nSPS) is 11.8. The highest BCUT2D eigenvalue weighted by Crippen LogP contribution is 2.23. The Kier molecular flexibility index (Phi) is 4.92. The van der Waals surface area contributed by atoms with E-state index in [1.54, 1.807) is 12.3 Å². The minimum Gasteiger partial charge on any atom is -0.384 e. The van der Waals surface area contributed by atoms with E-state index in [4.69, 9.17) is 17.3 Å². The maximum absolute atomic E-state index is 5.80. The number of halogens is 1. The van der Waals surface area contributed by atoms with Crippen molar-refractivity contribution in [1.29, 1.82) is 0 Å². The first-order chi connectivity index (χ1) is 9.63. The second kappa shape index (κ2) is 6.88. The first kappa shape index (κ1) is 14.3. The molecule has 2 rings (SSSR count). The number of hydrogen-bond donors (Lipinski definition) is 2. The number of nitrogens with zero attached hydrogens (tertiary/aromatic N) is 2. The van der Waals surface area contributed by atoms with Gasteiger partial charge in [0, 0.05) is 0 Å². The van der Waals surface area contributed by atoms with E-state index in [0.29, 0.717) is 21.1 Å². The molecular weight excluding hydrogens is 292 g/mol. The molecule has 0 spiro atoms. The van der Waals surface area contributed by atoms with Crippen molar-refractivity contribution in [3.05, 3.63) is 64.9 Å². The van der Waals surface area contributed by atoms with Gasteiger partial charge < -0.3 is 11.1 Å². The van der Waals surface area contributed by atoms with E-state index in [2.05, 4.69) is 21.9 Å². The molecule has 0 aliphatic heterocycles. The molecule has 0 amide bonds. The lowest BCUT2D eigenvalue weighted by Crippen LogP contribution is -2.09. The van der Waals surface area contributed by atoms with Gasteiger partial charge in [-0.3, -0.25) is 0 Å². The van der Waals surface area contributed by atoms with Gasteiger partial charge in [0.2, 0.25) is 0 Å². The van der Waals surface area contributed by atoms with Gasteiger partial charge in [0.15, 0.2) is 5.13 Å². The van der Waals surface area contributed by atoms with E-state index in [-0.39, 0.29) is 0 Å². The predicted octanol–water partition coefficient (Wildman–Crippen LogP) is 3.75. The van der Waals surface area contributed by atoms with Crippen molar-refractivity contribution in [1.82, 2.24) is 4.98 Å². The molecule has 20 heavy (non-hydrogen) atoms. The fraction of sp³-hybridized carbons (Fsp3) is 0. The molecule has 4 nitrogen and oxygen atoms in total. The Bertz CT molecular complexity index is 646. The summed E-state index contributed by atoms with van der Waals surface area (Å²) >= 11 is 7.09. The van der Waals surface area contributed by atoms with Crippen LogP contribution >= 0.6 is 22.9 Å². The highest BCUT2D eigenvalue weighted by molar-refractivity contribution is 7.19. The number of thiazole rings is 1. The summed E-state index contributed by atoms with van der Waals surface area (Å²) in [6.45, 7) is 3.77. The van der Waals surface area contributed by atoms with Crippen molar-refractivity contribution >= 4 is 40.0 Å². The zero-order valence-corrected chi connectivity index (χ0v) is 12.2. The fourth-order valence-electron chi connectivity index (χ4n) is 1.40. The molecular formula is C14H13ClN4S. The van der Waals surface area contributed by atoms with Crippen molar-refractivity contribution in [2.45, 2.75) is 0 Å². The first-order valence-electron chi connectivity index (χ1n) is 5.78. The summed E-state index contributed by atoms with van der Waals surface area (Å²) in [5, 5.41) is 3.55. The number of hydrogen-bond acceptors (Lipinski definition) is 4. The third-order valence-electron chi connectivity index (χ3n) is 2.24. The van der Waals surface area contributed by atoms with Gasteiger partial charge in [-0.15, -0.1) is 0 Å². The van der Waals surface area contributed by atoms with E-state index in [9.17, 15) is 0 Å². The number of anilines is 1. The van der Waals surface area contributed by atoms with Gasteiger partial charge in [0.25, 0.3) is 0 Å². The summed E-state index contributed by atoms with van der Waals surface area (Å²) in [7, 11) is 0. The number of benzene rings is 1. The van der Waals surface area contributed by atoms with Crippen molar-refractivity contribution in [2.24, 2.45) is 10.7 Å². The average Bonchev–Trinajstić information content (AvgIpc) is 2.83. The smallest absolute Gasteiger partial charge is 0.189 e. The third kappa shape index (κ3) is 4.53. The number of aromatic nitrogens is 1. The van der Waals surface area contributed by atoms with Crippen LogP contribution in [0.3, 0.4) is 0 Å². The first-order valence-corrected chi connectivity index (χ1v) is 6.97. The van der Waals surface area contributed by atoms with Crippen molar-refractivity contribution in [3.63, 3.8) is 0 Å². The molecule has 2 aromatic rings. The summed E-state index contributed by atoms with van der Waals surface area (Å²) in [5.74, 6) is 0.764. The molecule has 1 aromatic heterocycles. The van der Waals surface area contributed by atoms with E-state index in [0.717, 1.165) is 5.56 Å². The highest BCUT2D eigenvalue weighted by atomic mass is 35.5. The lowest BCUT2D eigenvalue weighted by Gasteiger charge is -2.01. The van der Waals surface area contributed by atoms with Crippen molar-refractivity contribution in [2.75, 3.05) is 5.32 Å². The lowest BCUT2D eigenvalue weighted by atomic mass is 10.2. The number of aliphatic imine (C=N–C) groups is 1. The summed E-state index contributed by atoms with van der Waals surface area (Å²) in [4.78, 5) is 8.17. The van der Waals surface area contributed by atoms with Gasteiger partial charge in [0.1, 0.15) is 16.0 Å². The van der Waals surface area contributed by atoms with E-state index >= 15 is 0 Å². The Balaban J connectivity index is 1.96. The third-order valence-corrected chi connectivity index (χ3v) is 3.27. The van der Waals surface area contributed by atoms with Crippen LogP contribution in [0.4, 0.5) is 5.13 Å². The number of nitrogens with two attached hydrogens (primary N) is 1. The van der Waals surface area contributed by atoms with Crippen LogP contribution in [-0.4, -0.2) is 10.8 Å². The van der Waals surface area contributed by atoms with E-state index in [1.807, 2.05) is 36.4 Å². The molecule has 1 heterocycles. The van der Waals surface area contributed by atoms with Crippen LogP contribution in [0.5, 0.6) is 0 Å². The molecule has 6 heteroatoms. The summed E-state index contributed by atoms with van der Waals surface area (Å²) in [5.41, 5.74) is 6.85. The van der Waals surface area contributed by atoms with Crippen LogP contribution in [-0.2, 0) is 0 Å². The zero-order chi connectivity index (χ0) is 14.4. The van der Waals surface area contributed by atoms with E-state index < -0.39 is 0 Å². The Morgan fingerprint density at radius 1 is 1.40 bits per heavy atom. The van der Waals surface area contributed by atoms with Crippen LogP contribution in [0.15, 0.2) is 60.0 Å². The topological polar surface area (TPSA) is 63.3 Å². The monoisotopic (exact) mass is 304 g/mol. The molecule has 1 aromatic carbocycles. The van der Waals surface area contributed by atoms with Crippen LogP contribution in [0, 0.1) is 0 Å². The molecule has 3 N–H and O–H groups in total. The average molecular weight is 305 g/mol. The minimum atomic E-state index is 0.356. The molecule has 0 unspecified atom stereocenters. The second-order valence-corrected chi connectivity index (χ2v) is 5.48. The van der Waals surface area contributed by atoms with Crippen molar-refractivity contribution < 1.29 is 0 Å². The Morgan fingerprint density at radius 2 is 2.15 bits per heavy atom. The largest absolute Gasteiger partial charge is 0.384 e. The van der Waals surface area contributed by atoms with Crippen LogP contribution in [0.2, 0.25) is 4.34 Å². The molecule has 0 fully saturated rings. The molecule has 0 radical (unpaired) electrons. The van der Waals surface area contributed by atoms with E-state index in [1.165, 1.54) is 11.3 Å². The van der Waals surface area contributed by atoms with Gasteiger partial charge in [-0.25, -0.2) is 9.98 Å². The number of amidine groups is 1. The van der Waals surface area contributed by atoms with Gasteiger partial charge in [-0.05, 0) is 11.6 Å². The summed E-state index contributed by atoms with van der Waals surface area (Å²) in [6, 6.07) is 9.84. The molecule has 0 bridgehead atoms. The summed E-state index contributed by atoms with van der Waals surface area (Å²) < 4.78 is 0.598. The van der Waals surface area contributed by atoms with Crippen molar-refractivity contribution in [3.8, 4) is 0 Å². The SMILES string of the molecule is C=C(/N=C(N)/C=C/c1ccccc1)Nc1ncc(Cl)s1. The maximum Gasteiger partial charge on any atom is 0.189 e. The molecule has 0 atom stereocenters. The Hall–Kier alpha value is -2.11. The number of nitrogens with one attached hydrogen (secondary N) is 1. The van der Waals surface area contributed by atoms with Gasteiger partial charge >= 0.3 is 0 Å². The molecule has 0 saturated carbocycles. The fourth-order valence-corrected chi connectivity index (χ4v) is 2.23. The second-order valence-electron chi connectivity index (χ2n) is 3.82. The minimum absolute atomic E-state index is 0.356. The molecule has 0 aliphatic carbocycles. The molecule has 102 valence electrons. The van der Waals surface area contributed by atoms with Crippen LogP contribution < -0.4 is 11.1 Å². The number of rotatable bonds is 5. The molecule has 0 saturated heterocycles.